The van der Waals surface area contributed by atoms with Crippen molar-refractivity contribution in [3.63, 3.8) is 0 Å². The van der Waals surface area contributed by atoms with Crippen LogP contribution in [0, 0.1) is 6.92 Å². The van der Waals surface area contributed by atoms with Crippen LogP contribution in [0.1, 0.15) is 17.0 Å². The van der Waals surface area contributed by atoms with Crippen molar-refractivity contribution < 1.29 is 0 Å². The Morgan fingerprint density at radius 2 is 2.28 bits per heavy atom. The first-order valence-electron chi connectivity index (χ1n) is 5.56. The molecular weight excluding hydrogens is 246 g/mol. The van der Waals surface area contributed by atoms with E-state index in [1.54, 1.807) is 10.7 Å². The fraction of sp³-hybridized carbons (Fsp3) is 0.250. The van der Waals surface area contributed by atoms with Crippen molar-refractivity contribution in [1.29, 1.82) is 0 Å². The van der Waals surface area contributed by atoms with Gasteiger partial charge in [0.2, 0.25) is 0 Å². The highest BCUT2D eigenvalue weighted by Crippen LogP contribution is 2.09. The Balaban J connectivity index is 2.08. The summed E-state index contributed by atoms with van der Waals surface area (Å²) in [4.78, 5) is 4.62. The zero-order valence-corrected chi connectivity index (χ0v) is 11.2. The van der Waals surface area contributed by atoms with Crippen LogP contribution >= 0.6 is 12.2 Å². The number of aryl methyl sites for hydroxylation is 2. The van der Waals surface area contributed by atoms with Crippen molar-refractivity contribution in [2.24, 2.45) is 12.8 Å². The topological polar surface area (TPSA) is 68.8 Å². The molecule has 2 aromatic rings. The number of thiocarbonyl (C=S) groups is 1. The number of aromatic nitrogens is 3. The van der Waals surface area contributed by atoms with Gasteiger partial charge in [0.25, 0.3) is 0 Å². The number of hydrogen-bond donors (Lipinski definition) is 2. The molecule has 3 N–H and O–H groups in total. The van der Waals surface area contributed by atoms with Gasteiger partial charge in [0, 0.05) is 25.4 Å². The molecule has 0 radical (unpaired) electrons. The molecule has 0 spiro atoms. The zero-order valence-electron chi connectivity index (χ0n) is 10.3. The van der Waals surface area contributed by atoms with E-state index in [2.05, 4.69) is 15.4 Å². The van der Waals surface area contributed by atoms with E-state index in [0.717, 1.165) is 17.1 Å². The van der Waals surface area contributed by atoms with Crippen LogP contribution in [0.2, 0.25) is 0 Å². The molecule has 94 valence electrons. The Labute approximate surface area is 111 Å². The predicted octanol–water partition coefficient (Wildman–Crippen LogP) is 1.37. The van der Waals surface area contributed by atoms with E-state index in [4.69, 9.17) is 18.0 Å². The van der Waals surface area contributed by atoms with Gasteiger partial charge >= 0.3 is 0 Å². The number of hydrogen-bond acceptors (Lipinski definition) is 4. The van der Waals surface area contributed by atoms with Gasteiger partial charge in [0.15, 0.2) is 0 Å². The van der Waals surface area contributed by atoms with Crippen LogP contribution in [0.25, 0.3) is 0 Å². The highest BCUT2D eigenvalue weighted by Gasteiger charge is 2.04. The van der Waals surface area contributed by atoms with Gasteiger partial charge in [-0.15, -0.1) is 0 Å². The molecule has 2 heterocycles. The summed E-state index contributed by atoms with van der Waals surface area (Å²) in [5.41, 5.74) is 8.32. The van der Waals surface area contributed by atoms with Crippen LogP contribution in [0.3, 0.4) is 0 Å². The third-order valence-electron chi connectivity index (χ3n) is 2.58. The summed E-state index contributed by atoms with van der Waals surface area (Å²) in [5, 5.41) is 7.52. The molecule has 0 amide bonds. The average molecular weight is 261 g/mol. The molecule has 0 saturated carbocycles. The Kier molecular flexibility index (Phi) is 3.57. The summed E-state index contributed by atoms with van der Waals surface area (Å²) >= 11 is 4.90. The number of pyridine rings is 1. The van der Waals surface area contributed by atoms with E-state index >= 15 is 0 Å². The first-order valence-corrected chi connectivity index (χ1v) is 5.97. The average Bonchev–Trinajstić information content (AvgIpc) is 2.65. The lowest BCUT2D eigenvalue weighted by atomic mass is 10.2. The van der Waals surface area contributed by atoms with Gasteiger partial charge in [0.05, 0.1) is 11.4 Å². The molecule has 0 bridgehead atoms. The SMILES string of the molecule is Cc1nn(C)cc1CNc1cccc(C(N)=S)n1. The Hall–Kier alpha value is -1.95. The van der Waals surface area contributed by atoms with Crippen LogP contribution in [0.4, 0.5) is 5.82 Å². The summed E-state index contributed by atoms with van der Waals surface area (Å²) in [5.74, 6) is 0.753. The molecule has 0 aliphatic carbocycles. The third kappa shape index (κ3) is 2.84. The summed E-state index contributed by atoms with van der Waals surface area (Å²) < 4.78 is 1.80. The Morgan fingerprint density at radius 1 is 1.50 bits per heavy atom. The van der Waals surface area contributed by atoms with Crippen LogP contribution < -0.4 is 11.1 Å². The van der Waals surface area contributed by atoms with Crippen molar-refractivity contribution >= 4 is 23.0 Å². The number of anilines is 1. The normalized spacial score (nSPS) is 10.3. The molecule has 2 aromatic heterocycles. The van der Waals surface area contributed by atoms with E-state index in [0.29, 0.717) is 17.2 Å². The van der Waals surface area contributed by atoms with Gasteiger partial charge in [-0.2, -0.15) is 5.10 Å². The monoisotopic (exact) mass is 261 g/mol. The van der Waals surface area contributed by atoms with E-state index in [1.165, 1.54) is 0 Å². The second kappa shape index (κ2) is 5.14. The van der Waals surface area contributed by atoms with Crippen molar-refractivity contribution in [2.45, 2.75) is 13.5 Å². The minimum atomic E-state index is 0.302. The summed E-state index contributed by atoms with van der Waals surface area (Å²) in [6.45, 7) is 2.66. The fourth-order valence-electron chi connectivity index (χ4n) is 1.68. The number of nitrogens with one attached hydrogen (secondary N) is 1. The molecule has 18 heavy (non-hydrogen) atoms. The van der Waals surface area contributed by atoms with E-state index in [1.807, 2.05) is 32.3 Å². The summed E-state index contributed by atoms with van der Waals surface area (Å²) in [6.07, 6.45) is 1.99. The minimum absolute atomic E-state index is 0.302. The first kappa shape index (κ1) is 12.5. The highest BCUT2D eigenvalue weighted by molar-refractivity contribution is 7.80. The number of rotatable bonds is 4. The van der Waals surface area contributed by atoms with E-state index < -0.39 is 0 Å². The van der Waals surface area contributed by atoms with Crippen LogP contribution in [0.5, 0.6) is 0 Å². The first-order chi connectivity index (χ1) is 8.56. The third-order valence-corrected chi connectivity index (χ3v) is 2.79. The van der Waals surface area contributed by atoms with Crippen molar-refractivity contribution in [3.8, 4) is 0 Å². The van der Waals surface area contributed by atoms with Crippen molar-refractivity contribution in [3.05, 3.63) is 41.3 Å². The lowest BCUT2D eigenvalue weighted by molar-refractivity contribution is 0.756. The Bertz CT molecular complexity index is 576. The molecular formula is C12H15N5S. The minimum Gasteiger partial charge on any atom is -0.388 e. The van der Waals surface area contributed by atoms with Crippen LogP contribution in [0.15, 0.2) is 24.4 Å². The van der Waals surface area contributed by atoms with Gasteiger partial charge in [-0.3, -0.25) is 4.68 Å². The largest absolute Gasteiger partial charge is 0.388 e. The Morgan fingerprint density at radius 3 is 2.89 bits per heavy atom. The zero-order chi connectivity index (χ0) is 13.1. The number of nitrogens with two attached hydrogens (primary N) is 1. The van der Waals surface area contributed by atoms with Crippen molar-refractivity contribution in [1.82, 2.24) is 14.8 Å². The number of nitrogens with zero attached hydrogens (tertiary/aromatic N) is 3. The van der Waals surface area contributed by atoms with Gasteiger partial charge in [0.1, 0.15) is 10.8 Å². The smallest absolute Gasteiger partial charge is 0.127 e. The standard InChI is InChI=1S/C12H15N5S/c1-8-9(7-17(2)16-8)6-14-11-5-3-4-10(15-11)12(13)18/h3-5,7H,6H2,1-2H3,(H2,13,18)(H,14,15). The van der Waals surface area contributed by atoms with E-state index in [-0.39, 0.29) is 0 Å². The van der Waals surface area contributed by atoms with Gasteiger partial charge in [-0.1, -0.05) is 18.3 Å². The lowest BCUT2D eigenvalue weighted by Gasteiger charge is -2.06. The lowest BCUT2D eigenvalue weighted by Crippen LogP contribution is -2.12. The molecule has 5 nitrogen and oxygen atoms in total. The molecule has 2 rings (SSSR count). The highest BCUT2D eigenvalue weighted by atomic mass is 32.1. The molecule has 0 aliphatic heterocycles. The maximum absolute atomic E-state index is 5.55. The molecule has 0 saturated heterocycles. The maximum atomic E-state index is 5.55. The van der Waals surface area contributed by atoms with Crippen LogP contribution in [-0.2, 0) is 13.6 Å². The van der Waals surface area contributed by atoms with Crippen LogP contribution in [-0.4, -0.2) is 19.8 Å². The molecule has 0 aromatic carbocycles. The second-order valence-electron chi connectivity index (χ2n) is 4.04. The van der Waals surface area contributed by atoms with Gasteiger partial charge < -0.3 is 11.1 Å². The summed E-state index contributed by atoms with van der Waals surface area (Å²) in [7, 11) is 1.90. The molecule has 0 fully saturated rings. The molecule has 0 unspecified atom stereocenters. The quantitative estimate of drug-likeness (QED) is 0.814. The van der Waals surface area contributed by atoms with Gasteiger partial charge in [-0.05, 0) is 19.1 Å². The van der Waals surface area contributed by atoms with Gasteiger partial charge in [-0.25, -0.2) is 4.98 Å². The fourth-order valence-corrected chi connectivity index (χ4v) is 1.79. The van der Waals surface area contributed by atoms with Crippen molar-refractivity contribution in [2.75, 3.05) is 5.32 Å². The maximum Gasteiger partial charge on any atom is 0.127 e. The predicted molar refractivity (Wildman–Crippen MR) is 75.4 cm³/mol. The van der Waals surface area contributed by atoms with E-state index in [9.17, 15) is 0 Å². The molecule has 0 aliphatic rings. The molecule has 0 atom stereocenters. The molecule has 6 heteroatoms. The summed E-state index contributed by atoms with van der Waals surface area (Å²) in [6, 6.07) is 5.55. The second-order valence-corrected chi connectivity index (χ2v) is 4.48.